The molecule has 0 radical (unpaired) electrons. The van der Waals surface area contributed by atoms with E-state index >= 15 is 0 Å². The van der Waals surface area contributed by atoms with E-state index in [9.17, 15) is 0 Å². The van der Waals surface area contributed by atoms with E-state index in [2.05, 4.69) is 39.9 Å². The lowest BCUT2D eigenvalue weighted by Gasteiger charge is -2.10. The highest BCUT2D eigenvalue weighted by Gasteiger charge is 2.12. The van der Waals surface area contributed by atoms with E-state index in [0.29, 0.717) is 0 Å². The molecule has 3 rings (SSSR count). The summed E-state index contributed by atoms with van der Waals surface area (Å²) < 4.78 is 0. The molecule has 0 atom stereocenters. The molecule has 0 saturated carbocycles. The lowest BCUT2D eigenvalue weighted by Crippen LogP contribution is -2.17. The predicted octanol–water partition coefficient (Wildman–Crippen LogP) is 2.38. The first-order valence-corrected chi connectivity index (χ1v) is 6.89. The Labute approximate surface area is 114 Å². The molecule has 0 bridgehead atoms. The molecule has 98 valence electrons. The third-order valence-corrected chi connectivity index (χ3v) is 3.53. The fourth-order valence-corrected chi connectivity index (χ4v) is 2.54. The van der Waals surface area contributed by atoms with Gasteiger partial charge in [0.1, 0.15) is 0 Å². The van der Waals surface area contributed by atoms with E-state index in [1.807, 2.05) is 18.3 Å². The van der Waals surface area contributed by atoms with Crippen molar-refractivity contribution in [2.75, 3.05) is 18.4 Å². The van der Waals surface area contributed by atoms with E-state index < -0.39 is 0 Å². The van der Waals surface area contributed by atoms with Crippen LogP contribution in [0.1, 0.15) is 16.8 Å². The highest BCUT2D eigenvalue weighted by molar-refractivity contribution is 5.61. The molecule has 2 heterocycles. The van der Waals surface area contributed by atoms with Gasteiger partial charge < -0.3 is 10.6 Å². The number of nitrogens with zero attached hydrogens (tertiary/aromatic N) is 1. The van der Waals surface area contributed by atoms with Crippen molar-refractivity contribution in [2.24, 2.45) is 0 Å². The van der Waals surface area contributed by atoms with E-state index in [0.717, 1.165) is 38.2 Å². The van der Waals surface area contributed by atoms with Crippen LogP contribution in [0.5, 0.6) is 0 Å². The molecule has 1 aliphatic rings. The van der Waals surface area contributed by atoms with Gasteiger partial charge in [-0.1, -0.05) is 24.3 Å². The first-order valence-electron chi connectivity index (χ1n) is 6.89. The lowest BCUT2D eigenvalue weighted by molar-refractivity contribution is 0.681. The van der Waals surface area contributed by atoms with Crippen molar-refractivity contribution < 1.29 is 0 Å². The Balaban J connectivity index is 1.52. The molecule has 0 amide bonds. The van der Waals surface area contributed by atoms with Crippen molar-refractivity contribution in [3.63, 3.8) is 0 Å². The summed E-state index contributed by atoms with van der Waals surface area (Å²) in [6.45, 7) is 2.95. The minimum absolute atomic E-state index is 0.920. The maximum Gasteiger partial charge on any atom is 0.0419 e. The van der Waals surface area contributed by atoms with Gasteiger partial charge in [-0.2, -0.15) is 0 Å². The van der Waals surface area contributed by atoms with Crippen LogP contribution in [-0.2, 0) is 19.4 Å². The van der Waals surface area contributed by atoms with Gasteiger partial charge in [0.25, 0.3) is 0 Å². The second-order valence-electron chi connectivity index (χ2n) is 4.88. The molecule has 3 heteroatoms. The maximum atomic E-state index is 4.33. The fourth-order valence-electron chi connectivity index (χ4n) is 2.54. The summed E-state index contributed by atoms with van der Waals surface area (Å²) in [6, 6.07) is 12.6. The average Bonchev–Trinajstić information content (AvgIpc) is 2.94. The summed E-state index contributed by atoms with van der Waals surface area (Å²) in [4.78, 5) is 4.33. The van der Waals surface area contributed by atoms with Crippen LogP contribution in [-0.4, -0.2) is 18.1 Å². The van der Waals surface area contributed by atoms with Gasteiger partial charge in [-0.3, -0.25) is 4.98 Å². The summed E-state index contributed by atoms with van der Waals surface area (Å²) in [6.07, 6.45) is 3.98. The standard InChI is InChI=1S/C16H19N3/c1-2-9-18-15(6-1)8-10-17-12-14-5-3-4-13-7-11-19-16(13)14/h1-6,9,17,19H,7-8,10-12H2. The zero-order valence-electron chi connectivity index (χ0n) is 11.0. The molecule has 2 aromatic rings. The van der Waals surface area contributed by atoms with Gasteiger partial charge >= 0.3 is 0 Å². The highest BCUT2D eigenvalue weighted by Crippen LogP contribution is 2.26. The van der Waals surface area contributed by atoms with Gasteiger partial charge in [-0.25, -0.2) is 0 Å². The van der Waals surface area contributed by atoms with Crippen molar-refractivity contribution >= 4 is 5.69 Å². The topological polar surface area (TPSA) is 37.0 Å². The van der Waals surface area contributed by atoms with Gasteiger partial charge in [-0.05, 0) is 29.7 Å². The molecule has 0 aliphatic carbocycles. The molecule has 0 saturated heterocycles. The van der Waals surface area contributed by atoms with Crippen LogP contribution in [0.25, 0.3) is 0 Å². The molecule has 1 aliphatic heterocycles. The third kappa shape index (κ3) is 2.93. The average molecular weight is 253 g/mol. The number of pyridine rings is 1. The van der Waals surface area contributed by atoms with Crippen molar-refractivity contribution in [1.82, 2.24) is 10.3 Å². The molecule has 2 N–H and O–H groups in total. The van der Waals surface area contributed by atoms with Gasteiger partial charge in [0.15, 0.2) is 0 Å². The first-order chi connectivity index (χ1) is 9.43. The molecule has 0 unspecified atom stereocenters. The zero-order valence-corrected chi connectivity index (χ0v) is 11.0. The second-order valence-corrected chi connectivity index (χ2v) is 4.88. The van der Waals surface area contributed by atoms with Crippen LogP contribution in [0.4, 0.5) is 5.69 Å². The Morgan fingerprint density at radius 2 is 2.16 bits per heavy atom. The summed E-state index contributed by atoms with van der Waals surface area (Å²) in [5.74, 6) is 0. The Hall–Kier alpha value is -1.87. The van der Waals surface area contributed by atoms with Gasteiger partial charge in [-0.15, -0.1) is 0 Å². The first kappa shape index (κ1) is 12.2. The SMILES string of the molecule is c1ccc(CCNCc2cccc3c2NCC3)nc1. The normalized spacial score (nSPS) is 13.1. The van der Waals surface area contributed by atoms with Crippen molar-refractivity contribution in [1.29, 1.82) is 0 Å². The predicted molar refractivity (Wildman–Crippen MR) is 78.3 cm³/mol. The zero-order chi connectivity index (χ0) is 12.9. The molecule has 0 fully saturated rings. The smallest absolute Gasteiger partial charge is 0.0419 e. The Morgan fingerprint density at radius 1 is 1.16 bits per heavy atom. The van der Waals surface area contributed by atoms with Crippen LogP contribution in [0.15, 0.2) is 42.6 Å². The molecular weight excluding hydrogens is 234 g/mol. The van der Waals surface area contributed by atoms with Gasteiger partial charge in [0.2, 0.25) is 0 Å². The number of nitrogens with one attached hydrogen (secondary N) is 2. The van der Waals surface area contributed by atoms with Gasteiger partial charge in [0, 0.05) is 43.6 Å². The van der Waals surface area contributed by atoms with Crippen molar-refractivity contribution in [3.05, 3.63) is 59.4 Å². The van der Waals surface area contributed by atoms with Crippen LogP contribution in [0.2, 0.25) is 0 Å². The highest BCUT2D eigenvalue weighted by atomic mass is 14.9. The Bertz CT molecular complexity index is 537. The lowest BCUT2D eigenvalue weighted by atomic mass is 10.1. The minimum Gasteiger partial charge on any atom is -0.384 e. The van der Waals surface area contributed by atoms with Crippen LogP contribution in [0, 0.1) is 0 Å². The van der Waals surface area contributed by atoms with E-state index in [1.165, 1.54) is 16.8 Å². The summed E-state index contributed by atoms with van der Waals surface area (Å²) in [5.41, 5.74) is 5.30. The fraction of sp³-hybridized carbons (Fsp3) is 0.312. The number of hydrogen-bond donors (Lipinski definition) is 2. The largest absolute Gasteiger partial charge is 0.384 e. The molecule has 19 heavy (non-hydrogen) atoms. The summed E-state index contributed by atoms with van der Waals surface area (Å²) in [7, 11) is 0. The monoisotopic (exact) mass is 253 g/mol. The molecular formula is C16H19N3. The third-order valence-electron chi connectivity index (χ3n) is 3.53. The van der Waals surface area contributed by atoms with Gasteiger partial charge in [0.05, 0.1) is 0 Å². The summed E-state index contributed by atoms with van der Waals surface area (Å²) >= 11 is 0. The number of rotatable bonds is 5. The van der Waals surface area contributed by atoms with Crippen LogP contribution >= 0.6 is 0 Å². The number of aromatic nitrogens is 1. The van der Waals surface area contributed by atoms with Crippen LogP contribution < -0.4 is 10.6 Å². The Morgan fingerprint density at radius 3 is 3.05 bits per heavy atom. The second kappa shape index (κ2) is 5.85. The van der Waals surface area contributed by atoms with Crippen molar-refractivity contribution in [2.45, 2.75) is 19.4 Å². The van der Waals surface area contributed by atoms with E-state index in [1.54, 1.807) is 0 Å². The van der Waals surface area contributed by atoms with E-state index in [4.69, 9.17) is 0 Å². The number of fused-ring (bicyclic) bond motifs is 1. The summed E-state index contributed by atoms with van der Waals surface area (Å²) in [5, 5.41) is 6.97. The van der Waals surface area contributed by atoms with Crippen LogP contribution in [0.3, 0.4) is 0 Å². The minimum atomic E-state index is 0.920. The maximum absolute atomic E-state index is 4.33. The number of benzene rings is 1. The quantitative estimate of drug-likeness (QED) is 0.803. The molecule has 1 aromatic carbocycles. The molecule has 0 spiro atoms. The molecule has 3 nitrogen and oxygen atoms in total. The number of hydrogen-bond acceptors (Lipinski definition) is 3. The Kier molecular flexibility index (Phi) is 3.75. The van der Waals surface area contributed by atoms with Crippen molar-refractivity contribution in [3.8, 4) is 0 Å². The number of para-hydroxylation sites is 1. The van der Waals surface area contributed by atoms with E-state index in [-0.39, 0.29) is 0 Å². The molecule has 1 aromatic heterocycles. The number of anilines is 1.